The zero-order chi connectivity index (χ0) is 21.2. The third kappa shape index (κ3) is 4.26. The van der Waals surface area contributed by atoms with E-state index in [4.69, 9.17) is 0 Å². The summed E-state index contributed by atoms with van der Waals surface area (Å²) in [4.78, 5) is 1.94. The van der Waals surface area contributed by atoms with Gasteiger partial charge in [-0.05, 0) is 57.5 Å². The van der Waals surface area contributed by atoms with Crippen molar-refractivity contribution in [3.05, 3.63) is 76.1 Å². The van der Waals surface area contributed by atoms with Gasteiger partial charge >= 0.3 is 0 Å². The van der Waals surface area contributed by atoms with Crippen LogP contribution in [0.25, 0.3) is 6.08 Å². The highest BCUT2D eigenvalue weighted by Gasteiger charge is 2.45. The highest BCUT2D eigenvalue weighted by molar-refractivity contribution is 5.57. The van der Waals surface area contributed by atoms with Crippen molar-refractivity contribution in [2.75, 3.05) is 20.6 Å². The number of benzene rings is 2. The molecule has 1 aliphatic carbocycles. The van der Waals surface area contributed by atoms with E-state index in [1.54, 1.807) is 0 Å². The first-order valence-electron chi connectivity index (χ1n) is 10.0. The fourth-order valence-corrected chi connectivity index (χ4v) is 4.37. The summed E-state index contributed by atoms with van der Waals surface area (Å²) in [6.07, 6.45) is 4.81. The van der Waals surface area contributed by atoms with Gasteiger partial charge in [0.25, 0.3) is 0 Å². The van der Waals surface area contributed by atoms with E-state index in [1.807, 2.05) is 55.4 Å². The Bertz CT molecular complexity index is 895. The maximum Gasteiger partial charge on any atom is 0.164 e. The van der Waals surface area contributed by atoms with Gasteiger partial charge in [0.05, 0.1) is 0 Å². The Hall–Kier alpha value is -2.11. The Morgan fingerprint density at radius 2 is 1.79 bits per heavy atom. The van der Waals surface area contributed by atoms with Gasteiger partial charge in [-0.2, -0.15) is 0 Å². The standard InChI is InChI=1S/C24H28F3NO/c1-16-22(26)20(14-21(25)23(16)27)24(29)18(13-17-9-5-4-6-10-17)11-7-8-12-19(24)15-28(2)3/h4-6,9-10,13-14,19,29H,7-8,11-12,15H2,1-3H3. The van der Waals surface area contributed by atoms with E-state index < -0.39 is 28.6 Å². The summed E-state index contributed by atoms with van der Waals surface area (Å²) in [5, 5.41) is 12.0. The zero-order valence-corrected chi connectivity index (χ0v) is 17.2. The lowest BCUT2D eigenvalue weighted by atomic mass is 9.73. The lowest BCUT2D eigenvalue weighted by Gasteiger charge is -2.39. The average molecular weight is 403 g/mol. The number of nitrogens with zero attached hydrogens (tertiary/aromatic N) is 1. The Labute approximate surface area is 170 Å². The Balaban J connectivity index is 2.26. The first-order valence-corrected chi connectivity index (χ1v) is 10.0. The van der Waals surface area contributed by atoms with Crippen molar-refractivity contribution in [2.45, 2.75) is 38.2 Å². The molecule has 1 N–H and O–H groups in total. The molecular formula is C24H28F3NO. The minimum Gasteiger partial charge on any atom is -0.380 e. The predicted molar refractivity (Wildman–Crippen MR) is 110 cm³/mol. The third-order valence-electron chi connectivity index (χ3n) is 5.84. The second kappa shape index (κ2) is 8.72. The van der Waals surface area contributed by atoms with Gasteiger partial charge in [-0.25, -0.2) is 13.2 Å². The van der Waals surface area contributed by atoms with Gasteiger partial charge in [0.15, 0.2) is 11.6 Å². The summed E-state index contributed by atoms with van der Waals surface area (Å²) in [7, 11) is 3.78. The molecule has 1 fully saturated rings. The number of hydrogen-bond donors (Lipinski definition) is 1. The quantitative estimate of drug-likeness (QED) is 0.543. The molecule has 29 heavy (non-hydrogen) atoms. The molecule has 0 spiro atoms. The van der Waals surface area contributed by atoms with Crippen molar-refractivity contribution in [2.24, 2.45) is 5.92 Å². The maximum atomic E-state index is 15.2. The fraction of sp³-hybridized carbons (Fsp3) is 0.417. The van der Waals surface area contributed by atoms with Crippen LogP contribution < -0.4 is 0 Å². The van der Waals surface area contributed by atoms with E-state index in [0.717, 1.165) is 24.5 Å². The molecule has 1 saturated carbocycles. The molecule has 2 atom stereocenters. The molecule has 156 valence electrons. The normalized spacial score (nSPS) is 24.1. The Morgan fingerprint density at radius 1 is 1.10 bits per heavy atom. The van der Waals surface area contributed by atoms with Crippen LogP contribution in [0, 0.1) is 30.3 Å². The lowest BCUT2D eigenvalue weighted by Crippen LogP contribution is -2.42. The predicted octanol–water partition coefficient (Wildman–Crippen LogP) is 5.44. The van der Waals surface area contributed by atoms with Crippen molar-refractivity contribution >= 4 is 6.08 Å². The Morgan fingerprint density at radius 3 is 2.45 bits per heavy atom. The number of rotatable bonds is 4. The fourth-order valence-electron chi connectivity index (χ4n) is 4.37. The van der Waals surface area contributed by atoms with Crippen molar-refractivity contribution in [3.8, 4) is 0 Å². The molecule has 2 aromatic carbocycles. The molecule has 2 unspecified atom stereocenters. The SMILES string of the molecule is Cc1c(F)c(F)cc(C2(O)C(=Cc3ccccc3)CCCCC2CN(C)C)c1F. The molecule has 5 heteroatoms. The smallest absolute Gasteiger partial charge is 0.164 e. The highest BCUT2D eigenvalue weighted by atomic mass is 19.2. The molecule has 2 nitrogen and oxygen atoms in total. The van der Waals surface area contributed by atoms with Gasteiger partial charge in [0, 0.05) is 23.6 Å². The summed E-state index contributed by atoms with van der Waals surface area (Å²) in [5.41, 5.74) is -0.784. The van der Waals surface area contributed by atoms with Gasteiger partial charge < -0.3 is 10.0 Å². The monoisotopic (exact) mass is 403 g/mol. The van der Waals surface area contributed by atoms with Gasteiger partial charge in [-0.15, -0.1) is 0 Å². The van der Waals surface area contributed by atoms with E-state index >= 15 is 4.39 Å². The van der Waals surface area contributed by atoms with Crippen LogP contribution >= 0.6 is 0 Å². The van der Waals surface area contributed by atoms with Crippen LogP contribution in [0.15, 0.2) is 42.0 Å². The van der Waals surface area contributed by atoms with Gasteiger partial charge in [0.1, 0.15) is 11.4 Å². The average Bonchev–Trinajstić information content (AvgIpc) is 2.84. The molecule has 0 bridgehead atoms. The van der Waals surface area contributed by atoms with Crippen LogP contribution in [0.2, 0.25) is 0 Å². The third-order valence-corrected chi connectivity index (χ3v) is 5.84. The molecule has 0 aromatic heterocycles. The molecule has 0 aliphatic heterocycles. The lowest BCUT2D eigenvalue weighted by molar-refractivity contribution is -0.00292. The van der Waals surface area contributed by atoms with Crippen LogP contribution in [0.4, 0.5) is 13.2 Å². The van der Waals surface area contributed by atoms with Gasteiger partial charge in [-0.1, -0.05) is 42.8 Å². The minimum absolute atomic E-state index is 0.176. The van der Waals surface area contributed by atoms with Crippen molar-refractivity contribution in [1.29, 1.82) is 0 Å². The summed E-state index contributed by atoms with van der Waals surface area (Å²) in [6, 6.07) is 10.3. The molecule has 0 saturated heterocycles. The van der Waals surface area contributed by atoms with Crippen molar-refractivity contribution in [1.82, 2.24) is 4.90 Å². The summed E-state index contributed by atoms with van der Waals surface area (Å²) >= 11 is 0. The molecule has 3 rings (SSSR count). The highest BCUT2D eigenvalue weighted by Crippen LogP contribution is 2.46. The largest absolute Gasteiger partial charge is 0.380 e. The van der Waals surface area contributed by atoms with E-state index in [1.165, 1.54) is 6.92 Å². The van der Waals surface area contributed by atoms with Crippen LogP contribution in [0.5, 0.6) is 0 Å². The van der Waals surface area contributed by atoms with E-state index in [9.17, 15) is 13.9 Å². The first-order chi connectivity index (χ1) is 13.7. The number of halogens is 3. The topological polar surface area (TPSA) is 23.5 Å². The van der Waals surface area contributed by atoms with E-state index in [2.05, 4.69) is 0 Å². The summed E-state index contributed by atoms with van der Waals surface area (Å²) in [5.74, 6) is -3.58. The van der Waals surface area contributed by atoms with Crippen LogP contribution in [0.1, 0.15) is 42.4 Å². The second-order valence-electron chi connectivity index (χ2n) is 8.21. The van der Waals surface area contributed by atoms with Gasteiger partial charge in [-0.3, -0.25) is 0 Å². The minimum atomic E-state index is -1.72. The Kier molecular flexibility index (Phi) is 6.49. The van der Waals surface area contributed by atoms with Gasteiger partial charge in [0.2, 0.25) is 0 Å². The van der Waals surface area contributed by atoms with Crippen molar-refractivity contribution < 1.29 is 18.3 Å². The van der Waals surface area contributed by atoms with Crippen LogP contribution in [-0.2, 0) is 5.60 Å². The second-order valence-corrected chi connectivity index (χ2v) is 8.21. The molecule has 1 aliphatic rings. The molecular weight excluding hydrogens is 375 g/mol. The first kappa shape index (κ1) is 21.6. The molecule has 2 aromatic rings. The van der Waals surface area contributed by atoms with Crippen molar-refractivity contribution in [3.63, 3.8) is 0 Å². The van der Waals surface area contributed by atoms with Crippen LogP contribution in [-0.4, -0.2) is 30.6 Å². The summed E-state index contributed by atoms with van der Waals surface area (Å²) < 4.78 is 43.5. The number of hydrogen-bond acceptors (Lipinski definition) is 2. The molecule has 0 radical (unpaired) electrons. The van der Waals surface area contributed by atoms with E-state index in [0.29, 0.717) is 25.0 Å². The molecule has 0 amide bonds. The molecule has 0 heterocycles. The maximum absolute atomic E-state index is 15.2. The summed E-state index contributed by atoms with van der Waals surface area (Å²) in [6.45, 7) is 1.71. The van der Waals surface area contributed by atoms with Crippen LogP contribution in [0.3, 0.4) is 0 Å². The zero-order valence-electron chi connectivity index (χ0n) is 17.2. The number of aliphatic hydroxyl groups is 1. The van der Waals surface area contributed by atoms with E-state index in [-0.39, 0.29) is 11.5 Å².